The zero-order valence-electron chi connectivity index (χ0n) is 11.3. The van der Waals surface area contributed by atoms with Crippen molar-refractivity contribution in [2.45, 2.75) is 38.1 Å². The maximum atomic E-state index is 12.3. The van der Waals surface area contributed by atoms with Crippen LogP contribution in [0.25, 0.3) is 0 Å². The molecule has 0 aliphatic heterocycles. The summed E-state index contributed by atoms with van der Waals surface area (Å²) in [6.07, 6.45) is 9.00. The summed E-state index contributed by atoms with van der Waals surface area (Å²) in [5.74, 6) is 2.95. The minimum atomic E-state index is -0.746. The second kappa shape index (κ2) is 5.46. The summed E-state index contributed by atoms with van der Waals surface area (Å²) in [6.45, 7) is 2.15. The summed E-state index contributed by atoms with van der Waals surface area (Å²) in [7, 11) is 0. The Morgan fingerprint density at radius 1 is 1.58 bits per heavy atom. The lowest BCUT2D eigenvalue weighted by molar-refractivity contribution is -0.122. The lowest BCUT2D eigenvalue weighted by Crippen LogP contribution is -2.53. The van der Waals surface area contributed by atoms with Crippen molar-refractivity contribution < 1.29 is 4.79 Å². The second-order valence-corrected chi connectivity index (χ2v) is 5.54. The van der Waals surface area contributed by atoms with E-state index in [-0.39, 0.29) is 5.91 Å². The average Bonchev–Trinajstić information content (AvgIpc) is 2.38. The minimum absolute atomic E-state index is 0.103. The molecule has 1 aromatic rings. The van der Waals surface area contributed by atoms with Gasteiger partial charge in [-0.25, -0.2) is 0 Å². The molecule has 0 saturated heterocycles. The predicted molar refractivity (Wildman–Crippen MR) is 77.6 cm³/mol. The van der Waals surface area contributed by atoms with Crippen LogP contribution in [0.5, 0.6) is 0 Å². The molecule has 3 heteroatoms. The Labute approximate surface area is 114 Å². The van der Waals surface area contributed by atoms with Gasteiger partial charge in [-0.1, -0.05) is 31.8 Å². The summed E-state index contributed by atoms with van der Waals surface area (Å²) < 4.78 is 0. The molecule has 0 radical (unpaired) electrons. The van der Waals surface area contributed by atoms with Gasteiger partial charge in [0.2, 0.25) is 5.91 Å². The minimum Gasteiger partial charge on any atom is -0.324 e. The van der Waals surface area contributed by atoms with Crippen LogP contribution >= 0.6 is 0 Å². The summed E-state index contributed by atoms with van der Waals surface area (Å²) in [6, 6.07) is 7.27. The fourth-order valence-corrected chi connectivity index (χ4v) is 2.74. The van der Waals surface area contributed by atoms with E-state index in [1.165, 1.54) is 0 Å². The molecule has 3 nitrogen and oxygen atoms in total. The van der Waals surface area contributed by atoms with Crippen molar-refractivity contribution in [2.24, 2.45) is 11.7 Å². The molecule has 1 amide bonds. The second-order valence-electron chi connectivity index (χ2n) is 5.54. The Balaban J connectivity index is 2.10. The van der Waals surface area contributed by atoms with Crippen LogP contribution in [0.2, 0.25) is 0 Å². The first-order chi connectivity index (χ1) is 9.03. The molecule has 1 aromatic carbocycles. The van der Waals surface area contributed by atoms with Crippen molar-refractivity contribution >= 4 is 11.6 Å². The Morgan fingerprint density at radius 2 is 2.37 bits per heavy atom. The third-order valence-electron chi connectivity index (χ3n) is 3.77. The first kappa shape index (κ1) is 13.6. The van der Waals surface area contributed by atoms with Gasteiger partial charge in [0.15, 0.2) is 0 Å². The monoisotopic (exact) mass is 256 g/mol. The van der Waals surface area contributed by atoms with Crippen LogP contribution in [-0.4, -0.2) is 11.4 Å². The number of anilines is 1. The molecule has 0 aromatic heterocycles. The van der Waals surface area contributed by atoms with Crippen molar-refractivity contribution in [3.63, 3.8) is 0 Å². The zero-order chi connectivity index (χ0) is 13.9. The number of benzene rings is 1. The molecule has 100 valence electrons. The van der Waals surface area contributed by atoms with E-state index in [0.717, 1.165) is 31.2 Å². The highest BCUT2D eigenvalue weighted by Gasteiger charge is 2.37. The number of carbonyl (C=O) groups is 1. The van der Waals surface area contributed by atoms with Crippen molar-refractivity contribution in [1.29, 1.82) is 0 Å². The fourth-order valence-electron chi connectivity index (χ4n) is 2.74. The molecule has 2 atom stereocenters. The van der Waals surface area contributed by atoms with Crippen molar-refractivity contribution in [1.82, 2.24) is 0 Å². The number of amides is 1. The van der Waals surface area contributed by atoms with Crippen LogP contribution in [0, 0.1) is 18.3 Å². The normalized spacial score (nSPS) is 26.5. The lowest BCUT2D eigenvalue weighted by atomic mass is 9.76. The highest BCUT2D eigenvalue weighted by molar-refractivity contribution is 5.98. The zero-order valence-corrected chi connectivity index (χ0v) is 11.3. The van der Waals surface area contributed by atoms with E-state index < -0.39 is 5.54 Å². The van der Waals surface area contributed by atoms with E-state index in [1.807, 2.05) is 18.2 Å². The largest absolute Gasteiger partial charge is 0.324 e. The molecule has 2 unspecified atom stereocenters. The number of nitrogens with two attached hydrogens (primary N) is 1. The molecule has 3 N–H and O–H groups in total. The first-order valence-electron chi connectivity index (χ1n) is 6.70. The maximum absolute atomic E-state index is 12.3. The van der Waals surface area contributed by atoms with Gasteiger partial charge in [0.05, 0.1) is 5.54 Å². The van der Waals surface area contributed by atoms with E-state index in [9.17, 15) is 4.79 Å². The molecule has 0 spiro atoms. The van der Waals surface area contributed by atoms with Gasteiger partial charge in [0, 0.05) is 11.3 Å². The average molecular weight is 256 g/mol. The van der Waals surface area contributed by atoms with Crippen LogP contribution in [0.15, 0.2) is 24.3 Å². The van der Waals surface area contributed by atoms with Gasteiger partial charge in [0.25, 0.3) is 0 Å². The summed E-state index contributed by atoms with van der Waals surface area (Å²) in [5, 5.41) is 2.89. The summed E-state index contributed by atoms with van der Waals surface area (Å²) >= 11 is 0. The number of carbonyl (C=O) groups excluding carboxylic acids is 1. The summed E-state index contributed by atoms with van der Waals surface area (Å²) in [5.41, 5.74) is 6.98. The first-order valence-corrected chi connectivity index (χ1v) is 6.70. The van der Waals surface area contributed by atoms with E-state index in [4.69, 9.17) is 12.2 Å². The van der Waals surface area contributed by atoms with Gasteiger partial charge >= 0.3 is 0 Å². The molecule has 1 aliphatic carbocycles. The fraction of sp³-hybridized carbons (Fsp3) is 0.438. The third-order valence-corrected chi connectivity index (χ3v) is 3.77. The molecule has 0 bridgehead atoms. The molecule has 2 rings (SSSR count). The molecular formula is C16H20N2O. The Bertz CT molecular complexity index is 518. The molecule has 0 heterocycles. The highest BCUT2D eigenvalue weighted by atomic mass is 16.2. The Hall–Kier alpha value is -1.79. The maximum Gasteiger partial charge on any atom is 0.244 e. The van der Waals surface area contributed by atoms with Crippen molar-refractivity contribution in [3.05, 3.63) is 29.8 Å². The van der Waals surface area contributed by atoms with E-state index >= 15 is 0 Å². The van der Waals surface area contributed by atoms with E-state index in [0.29, 0.717) is 11.6 Å². The van der Waals surface area contributed by atoms with Crippen LogP contribution in [0.1, 0.15) is 38.2 Å². The standard InChI is InChI=1S/C16H20N2O/c1-3-13-7-4-8-14(10-13)18-15(19)16(17)9-5-6-12(2)11-16/h1,4,7-8,10,12H,5-6,9,11,17H2,2H3,(H,18,19). The smallest absolute Gasteiger partial charge is 0.244 e. The van der Waals surface area contributed by atoms with Gasteiger partial charge in [-0.3, -0.25) is 4.79 Å². The number of rotatable bonds is 2. The van der Waals surface area contributed by atoms with Gasteiger partial charge in [-0.2, -0.15) is 0 Å². The van der Waals surface area contributed by atoms with Crippen molar-refractivity contribution in [2.75, 3.05) is 5.32 Å². The number of terminal acetylenes is 1. The Kier molecular flexibility index (Phi) is 3.92. The molecule has 1 aliphatic rings. The van der Waals surface area contributed by atoms with Crippen LogP contribution in [-0.2, 0) is 4.79 Å². The number of hydrogen-bond acceptors (Lipinski definition) is 2. The van der Waals surface area contributed by atoms with Crippen molar-refractivity contribution in [3.8, 4) is 12.3 Å². The molecule has 19 heavy (non-hydrogen) atoms. The van der Waals surface area contributed by atoms with Gasteiger partial charge in [0.1, 0.15) is 0 Å². The Morgan fingerprint density at radius 3 is 3.05 bits per heavy atom. The summed E-state index contributed by atoms with van der Waals surface area (Å²) in [4.78, 5) is 12.3. The SMILES string of the molecule is C#Cc1cccc(NC(=O)C2(N)CCCC(C)C2)c1. The third kappa shape index (κ3) is 3.15. The molecule has 1 saturated carbocycles. The predicted octanol–water partition coefficient (Wildman–Crippen LogP) is 2.51. The highest BCUT2D eigenvalue weighted by Crippen LogP contribution is 2.31. The number of nitrogens with one attached hydrogen (secondary N) is 1. The van der Waals surface area contributed by atoms with Crippen LogP contribution in [0.4, 0.5) is 5.69 Å². The van der Waals surface area contributed by atoms with Crippen LogP contribution < -0.4 is 11.1 Å². The lowest BCUT2D eigenvalue weighted by Gasteiger charge is -2.35. The van der Waals surface area contributed by atoms with E-state index in [1.54, 1.807) is 6.07 Å². The van der Waals surface area contributed by atoms with Gasteiger partial charge < -0.3 is 11.1 Å². The molecular weight excluding hydrogens is 236 g/mol. The molecule has 1 fully saturated rings. The van der Waals surface area contributed by atoms with Crippen LogP contribution in [0.3, 0.4) is 0 Å². The van der Waals surface area contributed by atoms with Gasteiger partial charge in [-0.15, -0.1) is 6.42 Å². The van der Waals surface area contributed by atoms with E-state index in [2.05, 4.69) is 18.2 Å². The topological polar surface area (TPSA) is 55.1 Å². The quantitative estimate of drug-likeness (QED) is 0.799. The number of hydrogen-bond donors (Lipinski definition) is 2. The van der Waals surface area contributed by atoms with Gasteiger partial charge in [-0.05, 0) is 37.0 Å².